The Morgan fingerprint density at radius 1 is 1.17 bits per heavy atom. The van der Waals surface area contributed by atoms with Crippen molar-refractivity contribution in [1.82, 2.24) is 9.62 Å². The van der Waals surface area contributed by atoms with Crippen LogP contribution in [0.1, 0.15) is 25.7 Å². The molecule has 2 N–H and O–H groups in total. The first-order chi connectivity index (χ1) is 10.8. The first-order valence-electron chi connectivity index (χ1n) is 7.45. The van der Waals surface area contributed by atoms with E-state index in [2.05, 4.69) is 10.6 Å². The number of benzene rings is 1. The molecule has 0 atom stereocenters. The maximum Gasteiger partial charge on any atom is 0.242 e. The number of anilines is 1. The third-order valence-electron chi connectivity index (χ3n) is 3.85. The van der Waals surface area contributed by atoms with Crippen molar-refractivity contribution in [3.8, 4) is 0 Å². The van der Waals surface area contributed by atoms with Gasteiger partial charge in [-0.15, -0.1) is 0 Å². The second kappa shape index (κ2) is 7.37. The van der Waals surface area contributed by atoms with Gasteiger partial charge in [0.25, 0.3) is 0 Å². The number of rotatable bonds is 4. The number of carbonyl (C=O) groups excluding carboxylic acids is 1. The van der Waals surface area contributed by atoms with Gasteiger partial charge in [0.05, 0.1) is 4.90 Å². The molecule has 6 nitrogen and oxygen atoms in total. The van der Waals surface area contributed by atoms with Crippen LogP contribution in [0.5, 0.6) is 0 Å². The summed E-state index contributed by atoms with van der Waals surface area (Å²) in [4.78, 5) is 12.2. The number of sulfonamides is 1. The number of thiocarbonyl (C=S) groups is 1. The number of carbonyl (C=O) groups is 1. The van der Waals surface area contributed by atoms with Gasteiger partial charge in [-0.3, -0.25) is 4.79 Å². The van der Waals surface area contributed by atoms with E-state index in [-0.39, 0.29) is 21.8 Å². The highest BCUT2D eigenvalue weighted by Gasteiger charge is 2.23. The average Bonchev–Trinajstić information content (AvgIpc) is 3.01. The van der Waals surface area contributed by atoms with E-state index in [9.17, 15) is 13.2 Å². The molecular weight excluding hydrogens is 334 g/mol. The van der Waals surface area contributed by atoms with Gasteiger partial charge in [-0.1, -0.05) is 12.8 Å². The molecular formula is C15H21N3O3S2. The van der Waals surface area contributed by atoms with E-state index in [4.69, 9.17) is 12.2 Å². The Balaban J connectivity index is 1.95. The zero-order valence-electron chi connectivity index (χ0n) is 13.2. The van der Waals surface area contributed by atoms with Crippen LogP contribution in [-0.4, -0.2) is 37.8 Å². The van der Waals surface area contributed by atoms with Crippen molar-refractivity contribution in [3.05, 3.63) is 24.3 Å². The summed E-state index contributed by atoms with van der Waals surface area (Å²) in [7, 11) is -0.487. The maximum absolute atomic E-state index is 12.0. The third kappa shape index (κ3) is 4.49. The van der Waals surface area contributed by atoms with Gasteiger partial charge in [0.15, 0.2) is 5.11 Å². The monoisotopic (exact) mass is 355 g/mol. The maximum atomic E-state index is 12.0. The lowest BCUT2D eigenvalue weighted by Crippen LogP contribution is -2.37. The summed E-state index contributed by atoms with van der Waals surface area (Å²) in [5.74, 6) is -0.00540. The molecule has 23 heavy (non-hydrogen) atoms. The van der Waals surface area contributed by atoms with E-state index in [0.29, 0.717) is 5.69 Å². The molecule has 2 rings (SSSR count). The van der Waals surface area contributed by atoms with Gasteiger partial charge in [-0.25, -0.2) is 12.7 Å². The lowest BCUT2D eigenvalue weighted by molar-refractivity contribution is -0.123. The van der Waals surface area contributed by atoms with E-state index in [1.165, 1.54) is 26.2 Å². The van der Waals surface area contributed by atoms with Crippen LogP contribution >= 0.6 is 12.2 Å². The van der Waals surface area contributed by atoms with Crippen LogP contribution in [0.4, 0.5) is 5.69 Å². The molecule has 1 aliphatic carbocycles. The zero-order valence-corrected chi connectivity index (χ0v) is 14.8. The molecule has 1 aromatic rings. The fourth-order valence-electron chi connectivity index (χ4n) is 2.49. The highest BCUT2D eigenvalue weighted by molar-refractivity contribution is 7.89. The topological polar surface area (TPSA) is 78.5 Å². The summed E-state index contributed by atoms with van der Waals surface area (Å²) in [6.07, 6.45) is 3.98. The van der Waals surface area contributed by atoms with E-state index >= 15 is 0 Å². The molecule has 1 saturated carbocycles. The number of nitrogens with zero attached hydrogens (tertiary/aromatic N) is 1. The Kier molecular flexibility index (Phi) is 5.72. The van der Waals surface area contributed by atoms with Gasteiger partial charge in [0, 0.05) is 25.7 Å². The smallest absolute Gasteiger partial charge is 0.242 e. The largest absolute Gasteiger partial charge is 0.332 e. The van der Waals surface area contributed by atoms with E-state index < -0.39 is 10.0 Å². The van der Waals surface area contributed by atoms with Crippen molar-refractivity contribution < 1.29 is 13.2 Å². The minimum atomic E-state index is -3.45. The van der Waals surface area contributed by atoms with Crippen molar-refractivity contribution in [1.29, 1.82) is 0 Å². The second-order valence-corrected chi connectivity index (χ2v) is 8.30. The summed E-state index contributed by atoms with van der Waals surface area (Å²) in [5.41, 5.74) is 0.624. The fourth-order valence-corrected chi connectivity index (χ4v) is 3.61. The van der Waals surface area contributed by atoms with Crippen molar-refractivity contribution in [2.75, 3.05) is 19.4 Å². The molecule has 0 heterocycles. The van der Waals surface area contributed by atoms with Gasteiger partial charge in [0.2, 0.25) is 15.9 Å². The van der Waals surface area contributed by atoms with Crippen LogP contribution in [0.15, 0.2) is 29.2 Å². The minimum absolute atomic E-state index is 0.0439. The molecule has 1 aromatic carbocycles. The summed E-state index contributed by atoms with van der Waals surface area (Å²) in [5, 5.41) is 5.81. The molecule has 0 unspecified atom stereocenters. The van der Waals surface area contributed by atoms with Gasteiger partial charge < -0.3 is 10.6 Å². The Labute approximate surface area is 142 Å². The van der Waals surface area contributed by atoms with Crippen LogP contribution < -0.4 is 10.6 Å². The Morgan fingerprint density at radius 3 is 2.26 bits per heavy atom. The normalized spacial score (nSPS) is 15.6. The highest BCUT2D eigenvalue weighted by Crippen LogP contribution is 2.24. The molecule has 1 amide bonds. The molecule has 0 bridgehead atoms. The summed E-state index contributed by atoms with van der Waals surface area (Å²) in [6.45, 7) is 0. The van der Waals surface area contributed by atoms with Gasteiger partial charge >= 0.3 is 0 Å². The van der Waals surface area contributed by atoms with E-state index in [1.807, 2.05) is 0 Å². The Bertz CT molecular complexity index is 678. The van der Waals surface area contributed by atoms with Gasteiger partial charge in [-0.05, 0) is 49.3 Å². The molecule has 0 aromatic heterocycles. The molecule has 1 fully saturated rings. The minimum Gasteiger partial charge on any atom is -0.332 e. The summed E-state index contributed by atoms with van der Waals surface area (Å²) >= 11 is 5.13. The van der Waals surface area contributed by atoms with E-state index in [1.54, 1.807) is 12.1 Å². The SMILES string of the molecule is CN(C)S(=O)(=O)c1ccc(NC(=S)NC(=O)C2CCCC2)cc1. The predicted octanol–water partition coefficient (Wildman–Crippen LogP) is 1.94. The number of hydrogen-bond acceptors (Lipinski definition) is 4. The number of hydrogen-bond donors (Lipinski definition) is 2. The molecule has 0 spiro atoms. The number of amides is 1. The third-order valence-corrected chi connectivity index (χ3v) is 5.89. The Morgan fingerprint density at radius 2 is 1.74 bits per heavy atom. The molecule has 126 valence electrons. The van der Waals surface area contributed by atoms with Crippen molar-refractivity contribution in [2.45, 2.75) is 30.6 Å². The van der Waals surface area contributed by atoms with Crippen LogP contribution in [0.25, 0.3) is 0 Å². The first-order valence-corrected chi connectivity index (χ1v) is 9.30. The predicted molar refractivity (Wildman–Crippen MR) is 93.6 cm³/mol. The lowest BCUT2D eigenvalue weighted by atomic mass is 10.1. The molecule has 0 saturated heterocycles. The fraction of sp³-hybridized carbons (Fsp3) is 0.467. The van der Waals surface area contributed by atoms with Gasteiger partial charge in [0.1, 0.15) is 0 Å². The van der Waals surface area contributed by atoms with Gasteiger partial charge in [-0.2, -0.15) is 0 Å². The van der Waals surface area contributed by atoms with Crippen LogP contribution in [0, 0.1) is 5.92 Å². The second-order valence-electron chi connectivity index (χ2n) is 5.74. The summed E-state index contributed by atoms with van der Waals surface area (Å²) in [6, 6.07) is 6.23. The average molecular weight is 355 g/mol. The van der Waals surface area contributed by atoms with Crippen molar-refractivity contribution in [2.24, 2.45) is 5.92 Å². The zero-order chi connectivity index (χ0) is 17.0. The summed E-state index contributed by atoms with van der Waals surface area (Å²) < 4.78 is 25.1. The standard InChI is InChI=1S/C15H21N3O3S2/c1-18(2)23(20,21)13-9-7-12(8-10-13)16-15(22)17-14(19)11-5-3-4-6-11/h7-11H,3-6H2,1-2H3,(H2,16,17,19,22). The van der Waals surface area contributed by atoms with Crippen LogP contribution in [0.3, 0.4) is 0 Å². The lowest BCUT2D eigenvalue weighted by Gasteiger charge is -2.14. The van der Waals surface area contributed by atoms with Crippen molar-refractivity contribution in [3.63, 3.8) is 0 Å². The molecule has 8 heteroatoms. The Hall–Kier alpha value is -1.51. The number of nitrogens with one attached hydrogen (secondary N) is 2. The van der Waals surface area contributed by atoms with Crippen LogP contribution in [-0.2, 0) is 14.8 Å². The molecule has 0 aliphatic heterocycles. The molecule has 0 radical (unpaired) electrons. The van der Waals surface area contributed by atoms with Crippen LogP contribution in [0.2, 0.25) is 0 Å². The van der Waals surface area contributed by atoms with E-state index in [0.717, 1.165) is 30.0 Å². The first kappa shape index (κ1) is 17.8. The van der Waals surface area contributed by atoms with Crippen molar-refractivity contribution >= 4 is 38.9 Å². The molecule has 1 aliphatic rings. The highest BCUT2D eigenvalue weighted by atomic mass is 32.2. The quantitative estimate of drug-likeness (QED) is 0.807.